The summed E-state index contributed by atoms with van der Waals surface area (Å²) in [5, 5.41) is 23.4. The van der Waals surface area contributed by atoms with Crippen LogP contribution in [0.4, 0.5) is 11.4 Å². The maximum absolute atomic E-state index is 12.3. The average molecular weight is 312 g/mol. The monoisotopic (exact) mass is 312 g/mol. The van der Waals surface area contributed by atoms with Crippen LogP contribution in [0.2, 0.25) is 0 Å². The van der Waals surface area contributed by atoms with Crippen LogP contribution in [0.3, 0.4) is 0 Å². The van der Waals surface area contributed by atoms with Crippen LogP contribution in [0.25, 0.3) is 0 Å². The second kappa shape index (κ2) is 6.19. The van der Waals surface area contributed by atoms with Crippen molar-refractivity contribution in [3.8, 4) is 0 Å². The summed E-state index contributed by atoms with van der Waals surface area (Å²) < 4.78 is 5.15. The lowest BCUT2D eigenvalue weighted by atomic mass is 9.73. The van der Waals surface area contributed by atoms with Crippen LogP contribution in [-0.2, 0) is 11.1 Å². The molecule has 0 aliphatic carbocycles. The molecule has 116 valence electrons. The van der Waals surface area contributed by atoms with Crippen molar-refractivity contribution in [2.45, 2.75) is 6.42 Å². The van der Waals surface area contributed by atoms with Gasteiger partial charge in [0.15, 0.2) is 0 Å². The van der Waals surface area contributed by atoms with Crippen molar-refractivity contribution < 1.29 is 19.4 Å². The first kappa shape index (κ1) is 15.2. The minimum absolute atomic E-state index is 0.0213. The van der Waals surface area contributed by atoms with Crippen molar-refractivity contribution in [1.29, 1.82) is 0 Å². The Bertz CT molecular complexity index is 780. The van der Waals surface area contributed by atoms with Crippen LogP contribution in [-0.4, -0.2) is 29.6 Å². The van der Waals surface area contributed by atoms with Crippen LogP contribution in [0.15, 0.2) is 42.5 Å². The number of nitro groups is 1. The van der Waals surface area contributed by atoms with E-state index in [9.17, 15) is 19.9 Å². The fourth-order valence-corrected chi connectivity index (χ4v) is 2.52. The zero-order valence-corrected chi connectivity index (χ0v) is 12.1. The van der Waals surface area contributed by atoms with Crippen LogP contribution in [0.1, 0.15) is 15.9 Å². The number of nitrogens with zero attached hydrogens (tertiary/aromatic N) is 1. The zero-order valence-electron chi connectivity index (χ0n) is 12.1. The molecule has 3 rings (SSSR count). The van der Waals surface area contributed by atoms with E-state index in [0.717, 1.165) is 5.56 Å². The third kappa shape index (κ3) is 3.08. The number of nitro benzene ring substituents is 1. The Morgan fingerprint density at radius 1 is 1.30 bits per heavy atom. The number of hydrogen-bond acceptors (Lipinski definition) is 5. The molecule has 0 atom stereocenters. The van der Waals surface area contributed by atoms with Crippen molar-refractivity contribution in [2.75, 3.05) is 11.9 Å². The van der Waals surface area contributed by atoms with Crippen molar-refractivity contribution in [2.24, 2.45) is 0 Å². The van der Waals surface area contributed by atoms with Crippen LogP contribution < -0.4 is 10.8 Å². The minimum Gasteiger partial charge on any atom is -0.423 e. The molecule has 2 aromatic carbocycles. The first-order chi connectivity index (χ1) is 11.1. The molecule has 0 fully saturated rings. The molecule has 0 radical (unpaired) electrons. The molecule has 1 amide bonds. The molecular weight excluding hydrogens is 299 g/mol. The summed E-state index contributed by atoms with van der Waals surface area (Å²) in [6.07, 6.45) is 0.685. The number of hydrogen-bond donors (Lipinski definition) is 2. The Morgan fingerprint density at radius 2 is 2.09 bits per heavy atom. The Morgan fingerprint density at radius 3 is 2.87 bits per heavy atom. The average Bonchev–Trinajstić information content (AvgIpc) is 2.55. The molecule has 0 saturated carbocycles. The van der Waals surface area contributed by atoms with Gasteiger partial charge in [0, 0.05) is 18.4 Å². The van der Waals surface area contributed by atoms with E-state index >= 15 is 0 Å². The summed E-state index contributed by atoms with van der Waals surface area (Å²) in [4.78, 5) is 22.7. The number of amides is 1. The van der Waals surface area contributed by atoms with E-state index in [-0.39, 0.29) is 11.3 Å². The number of nitrogens with one attached hydrogen (secondary N) is 1. The minimum atomic E-state index is -1.03. The Labute approximate surface area is 132 Å². The van der Waals surface area contributed by atoms with E-state index in [1.165, 1.54) is 18.2 Å². The molecule has 0 spiro atoms. The van der Waals surface area contributed by atoms with Gasteiger partial charge in [0.25, 0.3) is 11.6 Å². The van der Waals surface area contributed by atoms with Gasteiger partial charge in [-0.15, -0.1) is 0 Å². The molecule has 2 N–H and O–H groups in total. The number of fused-ring (bicyclic) bond motifs is 1. The molecule has 1 aliphatic rings. The van der Waals surface area contributed by atoms with Crippen LogP contribution in [0, 0.1) is 10.1 Å². The number of benzene rings is 2. The standard InChI is InChI=1S/C15H13BN2O5/c19-15(12-3-1-2-4-14(12)18(21)22)17-11-6-5-10-7-8-23-16(20)13(10)9-11/h1-6,9,20H,7-8H2,(H,17,19). The third-order valence-electron chi connectivity index (χ3n) is 3.66. The van der Waals surface area contributed by atoms with E-state index in [2.05, 4.69) is 5.32 Å². The first-order valence-corrected chi connectivity index (χ1v) is 7.03. The van der Waals surface area contributed by atoms with Crippen LogP contribution >= 0.6 is 0 Å². The van der Waals surface area contributed by atoms with Crippen molar-refractivity contribution >= 4 is 29.9 Å². The van der Waals surface area contributed by atoms with Crippen molar-refractivity contribution in [3.05, 3.63) is 63.7 Å². The Hall–Kier alpha value is -2.71. The molecule has 1 heterocycles. The number of para-hydroxylation sites is 1. The highest BCUT2D eigenvalue weighted by Crippen LogP contribution is 2.20. The normalized spacial score (nSPS) is 13.3. The smallest absolute Gasteiger partial charge is 0.423 e. The molecule has 2 aromatic rings. The lowest BCUT2D eigenvalue weighted by Crippen LogP contribution is -2.41. The van der Waals surface area contributed by atoms with E-state index in [0.29, 0.717) is 24.2 Å². The maximum Gasteiger partial charge on any atom is 0.491 e. The second-order valence-electron chi connectivity index (χ2n) is 5.12. The fraction of sp³-hybridized carbons (Fsp3) is 0.133. The van der Waals surface area contributed by atoms with Gasteiger partial charge in [0.1, 0.15) is 5.56 Å². The number of anilines is 1. The van der Waals surface area contributed by atoms with Crippen molar-refractivity contribution in [1.82, 2.24) is 0 Å². The second-order valence-corrected chi connectivity index (χ2v) is 5.12. The lowest BCUT2D eigenvalue weighted by Gasteiger charge is -2.19. The van der Waals surface area contributed by atoms with Gasteiger partial charge >= 0.3 is 7.12 Å². The summed E-state index contributed by atoms with van der Waals surface area (Å²) in [5.41, 5.74) is 1.71. The molecule has 8 heteroatoms. The molecule has 1 aliphatic heterocycles. The van der Waals surface area contributed by atoms with Crippen LogP contribution in [0.5, 0.6) is 0 Å². The largest absolute Gasteiger partial charge is 0.491 e. The van der Waals surface area contributed by atoms with Gasteiger partial charge in [-0.1, -0.05) is 18.2 Å². The molecule has 0 aromatic heterocycles. The van der Waals surface area contributed by atoms with E-state index < -0.39 is 17.9 Å². The van der Waals surface area contributed by atoms with Gasteiger partial charge in [0.2, 0.25) is 0 Å². The molecule has 7 nitrogen and oxygen atoms in total. The predicted molar refractivity (Wildman–Crippen MR) is 84.8 cm³/mol. The summed E-state index contributed by atoms with van der Waals surface area (Å²) >= 11 is 0. The van der Waals surface area contributed by atoms with Gasteiger partial charge < -0.3 is 15.0 Å². The van der Waals surface area contributed by atoms with Gasteiger partial charge in [0.05, 0.1) is 4.92 Å². The highest BCUT2D eigenvalue weighted by Gasteiger charge is 2.25. The lowest BCUT2D eigenvalue weighted by molar-refractivity contribution is -0.385. The molecule has 0 saturated heterocycles. The first-order valence-electron chi connectivity index (χ1n) is 7.03. The zero-order chi connectivity index (χ0) is 16.4. The Balaban J connectivity index is 1.87. The molecular formula is C15H13BN2O5. The van der Waals surface area contributed by atoms with Gasteiger partial charge in [-0.3, -0.25) is 14.9 Å². The maximum atomic E-state index is 12.3. The fourth-order valence-electron chi connectivity index (χ4n) is 2.52. The summed E-state index contributed by atoms with van der Waals surface area (Å²) in [6, 6.07) is 10.8. The molecule has 0 unspecified atom stereocenters. The number of carbonyl (C=O) groups excluding carboxylic acids is 1. The summed E-state index contributed by atoms with van der Waals surface area (Å²) in [5.74, 6) is -0.580. The number of rotatable bonds is 3. The Kier molecular flexibility index (Phi) is 4.09. The summed E-state index contributed by atoms with van der Waals surface area (Å²) in [6.45, 7) is 0.441. The number of carbonyl (C=O) groups is 1. The quantitative estimate of drug-likeness (QED) is 0.502. The highest BCUT2D eigenvalue weighted by molar-refractivity contribution is 6.61. The molecule has 0 bridgehead atoms. The summed E-state index contributed by atoms with van der Waals surface area (Å²) in [7, 11) is -1.03. The highest BCUT2D eigenvalue weighted by atomic mass is 16.6. The predicted octanol–water partition coefficient (Wildman–Crippen LogP) is 1.11. The van der Waals surface area contributed by atoms with Gasteiger partial charge in [-0.2, -0.15) is 0 Å². The SMILES string of the molecule is O=C(Nc1ccc2c(c1)B(O)OCC2)c1ccccc1[N+](=O)[O-]. The topological polar surface area (TPSA) is 102 Å². The van der Waals surface area contributed by atoms with Gasteiger partial charge in [-0.05, 0) is 35.6 Å². The third-order valence-corrected chi connectivity index (χ3v) is 3.66. The molecule has 23 heavy (non-hydrogen) atoms. The van der Waals surface area contributed by atoms with Crippen molar-refractivity contribution in [3.63, 3.8) is 0 Å². The van der Waals surface area contributed by atoms with E-state index in [1.807, 2.05) is 0 Å². The van der Waals surface area contributed by atoms with E-state index in [4.69, 9.17) is 4.65 Å². The van der Waals surface area contributed by atoms with E-state index in [1.54, 1.807) is 24.3 Å². The van der Waals surface area contributed by atoms with Gasteiger partial charge in [-0.25, -0.2) is 0 Å².